The van der Waals surface area contributed by atoms with Crippen molar-refractivity contribution >= 4 is 18.2 Å². The summed E-state index contributed by atoms with van der Waals surface area (Å²) in [5.41, 5.74) is 2.53. The van der Waals surface area contributed by atoms with Crippen LogP contribution in [0.4, 0.5) is 11.8 Å². The molecule has 0 amide bonds. The Labute approximate surface area is 185 Å². The van der Waals surface area contributed by atoms with E-state index in [1.54, 1.807) is 6.20 Å². The van der Waals surface area contributed by atoms with Gasteiger partial charge in [0.2, 0.25) is 5.95 Å². The summed E-state index contributed by atoms with van der Waals surface area (Å²) in [5.74, 6) is 1.34. The molecule has 1 N–H and O–H groups in total. The Morgan fingerprint density at radius 3 is 2.55 bits per heavy atom. The molecule has 1 fully saturated rings. The normalized spacial score (nSPS) is 17.0. The number of hydrogen-bond donors (Lipinski definition) is 1. The van der Waals surface area contributed by atoms with Crippen LogP contribution in [-0.4, -0.2) is 79.2 Å². The average molecular weight is 427 g/mol. The van der Waals surface area contributed by atoms with Crippen molar-refractivity contribution in [2.75, 3.05) is 57.1 Å². The first-order chi connectivity index (χ1) is 15.0. The molecular weight excluding hydrogens is 392 g/mol. The van der Waals surface area contributed by atoms with E-state index in [-0.39, 0.29) is 12.1 Å². The van der Waals surface area contributed by atoms with Crippen LogP contribution >= 0.6 is 0 Å². The molecule has 1 aliphatic rings. The summed E-state index contributed by atoms with van der Waals surface area (Å²) >= 11 is 0. The molecule has 31 heavy (non-hydrogen) atoms. The summed E-state index contributed by atoms with van der Waals surface area (Å²) in [7, 11) is 4.11. The van der Waals surface area contributed by atoms with Crippen molar-refractivity contribution in [2.45, 2.75) is 32.5 Å². The molecule has 2 heterocycles. The fraction of sp³-hybridized carbons (Fsp3) is 0.522. The van der Waals surface area contributed by atoms with E-state index in [0.29, 0.717) is 19.0 Å². The fourth-order valence-corrected chi connectivity index (χ4v) is 3.58. The molecule has 0 aliphatic carbocycles. The van der Waals surface area contributed by atoms with Gasteiger partial charge in [-0.05, 0) is 38.1 Å². The molecule has 1 saturated heterocycles. The zero-order valence-corrected chi connectivity index (χ0v) is 19.0. The number of rotatable bonds is 10. The first-order valence-corrected chi connectivity index (χ1v) is 10.8. The number of carbonyl (C=O) groups is 1. The zero-order valence-electron chi connectivity index (χ0n) is 19.0. The summed E-state index contributed by atoms with van der Waals surface area (Å²) in [4.78, 5) is 26.3. The molecule has 0 spiro atoms. The second kappa shape index (κ2) is 11.1. The molecule has 8 heteroatoms. The number of hydrogen-bond acceptors (Lipinski definition) is 8. The van der Waals surface area contributed by atoms with E-state index in [1.165, 1.54) is 11.1 Å². The number of aromatic nitrogens is 2. The van der Waals surface area contributed by atoms with Crippen molar-refractivity contribution in [2.24, 2.45) is 0 Å². The van der Waals surface area contributed by atoms with Gasteiger partial charge in [0.1, 0.15) is 12.4 Å². The van der Waals surface area contributed by atoms with E-state index in [0.717, 1.165) is 38.5 Å². The topological polar surface area (TPSA) is 73.8 Å². The van der Waals surface area contributed by atoms with E-state index < -0.39 is 0 Å². The average Bonchev–Trinajstić information content (AvgIpc) is 2.79. The lowest BCUT2D eigenvalue weighted by molar-refractivity contribution is -0.129. The number of anilines is 2. The highest BCUT2D eigenvalue weighted by Crippen LogP contribution is 2.20. The highest BCUT2D eigenvalue weighted by molar-refractivity contribution is 5.44. The van der Waals surface area contributed by atoms with Crippen molar-refractivity contribution in [1.82, 2.24) is 19.8 Å². The van der Waals surface area contributed by atoms with Gasteiger partial charge in [0.05, 0.1) is 12.1 Å². The van der Waals surface area contributed by atoms with Crippen molar-refractivity contribution < 1.29 is 9.53 Å². The third-order valence-corrected chi connectivity index (χ3v) is 5.90. The van der Waals surface area contributed by atoms with Gasteiger partial charge < -0.3 is 19.9 Å². The van der Waals surface area contributed by atoms with Gasteiger partial charge in [0.15, 0.2) is 0 Å². The minimum atomic E-state index is 0.0122. The van der Waals surface area contributed by atoms with Crippen LogP contribution < -0.4 is 10.2 Å². The third-order valence-electron chi connectivity index (χ3n) is 5.90. The van der Waals surface area contributed by atoms with Crippen LogP contribution in [0.2, 0.25) is 0 Å². The number of piperazine rings is 1. The number of likely N-dealkylation sites (N-methyl/N-ethyl adjacent to an activating group) is 2. The van der Waals surface area contributed by atoms with Crippen LogP contribution in [0.3, 0.4) is 0 Å². The lowest BCUT2D eigenvalue weighted by Gasteiger charge is -2.32. The first-order valence-electron chi connectivity index (χ1n) is 10.8. The zero-order chi connectivity index (χ0) is 22.2. The molecule has 2 atom stereocenters. The molecule has 1 aromatic carbocycles. The Bertz CT molecular complexity index is 823. The number of nitrogens with zero attached hydrogens (tertiary/aromatic N) is 5. The lowest BCUT2D eigenvalue weighted by Crippen LogP contribution is -2.43. The van der Waals surface area contributed by atoms with Gasteiger partial charge in [-0.1, -0.05) is 24.3 Å². The summed E-state index contributed by atoms with van der Waals surface area (Å²) in [6, 6.07) is 10.7. The number of carbonyl (C=O) groups excluding carboxylic acids is 1. The van der Waals surface area contributed by atoms with Crippen molar-refractivity contribution in [3.63, 3.8) is 0 Å². The molecule has 1 aromatic heterocycles. The van der Waals surface area contributed by atoms with E-state index in [2.05, 4.69) is 63.3 Å². The Morgan fingerprint density at radius 1 is 1.16 bits per heavy atom. The number of benzene rings is 1. The fourth-order valence-electron chi connectivity index (χ4n) is 3.58. The molecule has 8 nitrogen and oxygen atoms in total. The standard InChI is InChI=1S/C23H34N6O2/c1-18(16-31-17-30)28(4)22-9-10-24-23(26-22)25-19(2)21-7-5-20(6-8-21)15-29-13-11-27(3)12-14-29/h5-10,17-19H,11-16H2,1-4H3,(H,24,25,26). The monoisotopic (exact) mass is 426 g/mol. The highest BCUT2D eigenvalue weighted by atomic mass is 16.5. The van der Waals surface area contributed by atoms with Gasteiger partial charge in [-0.3, -0.25) is 9.69 Å². The van der Waals surface area contributed by atoms with Crippen LogP contribution in [0.25, 0.3) is 0 Å². The summed E-state index contributed by atoms with van der Waals surface area (Å²) in [6.07, 6.45) is 1.74. The SMILES string of the molecule is CC(Nc1nccc(N(C)C(C)COC=O)n1)c1ccc(CN2CCN(C)CC2)cc1. The highest BCUT2D eigenvalue weighted by Gasteiger charge is 2.15. The van der Waals surface area contributed by atoms with Gasteiger partial charge in [0, 0.05) is 46.0 Å². The van der Waals surface area contributed by atoms with Crippen molar-refractivity contribution in [3.8, 4) is 0 Å². The summed E-state index contributed by atoms with van der Waals surface area (Å²) in [5, 5.41) is 3.39. The van der Waals surface area contributed by atoms with Crippen LogP contribution in [0, 0.1) is 0 Å². The van der Waals surface area contributed by atoms with Crippen LogP contribution in [0.5, 0.6) is 0 Å². The largest absolute Gasteiger partial charge is 0.466 e. The maximum Gasteiger partial charge on any atom is 0.293 e. The molecule has 3 rings (SSSR count). The molecule has 168 valence electrons. The smallest absolute Gasteiger partial charge is 0.293 e. The Morgan fingerprint density at radius 2 is 1.87 bits per heavy atom. The van der Waals surface area contributed by atoms with Crippen molar-refractivity contribution in [1.29, 1.82) is 0 Å². The van der Waals surface area contributed by atoms with E-state index >= 15 is 0 Å². The Balaban J connectivity index is 1.57. The van der Waals surface area contributed by atoms with Crippen molar-refractivity contribution in [3.05, 3.63) is 47.7 Å². The second-order valence-electron chi connectivity index (χ2n) is 8.31. The predicted molar refractivity (Wildman–Crippen MR) is 123 cm³/mol. The Kier molecular flexibility index (Phi) is 8.20. The lowest BCUT2D eigenvalue weighted by atomic mass is 10.1. The number of ether oxygens (including phenoxy) is 1. The van der Waals surface area contributed by atoms with Gasteiger partial charge in [-0.25, -0.2) is 4.98 Å². The van der Waals surface area contributed by atoms with Crippen LogP contribution in [-0.2, 0) is 16.1 Å². The molecule has 0 bridgehead atoms. The molecule has 2 aromatic rings. The summed E-state index contributed by atoms with van der Waals surface area (Å²) in [6.45, 7) is 10.4. The molecule has 0 radical (unpaired) electrons. The molecular formula is C23H34N6O2. The maximum absolute atomic E-state index is 10.4. The Hall–Kier alpha value is -2.71. The van der Waals surface area contributed by atoms with Gasteiger partial charge in [0.25, 0.3) is 6.47 Å². The second-order valence-corrected chi connectivity index (χ2v) is 8.31. The van der Waals surface area contributed by atoms with Gasteiger partial charge in [-0.15, -0.1) is 0 Å². The first kappa shape index (κ1) is 23.0. The van der Waals surface area contributed by atoms with E-state index in [4.69, 9.17) is 4.74 Å². The van der Waals surface area contributed by atoms with Crippen LogP contribution in [0.15, 0.2) is 36.5 Å². The number of nitrogens with one attached hydrogen (secondary N) is 1. The van der Waals surface area contributed by atoms with Gasteiger partial charge >= 0.3 is 0 Å². The minimum Gasteiger partial charge on any atom is -0.466 e. The van der Waals surface area contributed by atoms with E-state index in [9.17, 15) is 4.79 Å². The quantitative estimate of drug-likeness (QED) is 0.581. The maximum atomic E-state index is 10.4. The minimum absolute atomic E-state index is 0.0122. The molecule has 2 unspecified atom stereocenters. The summed E-state index contributed by atoms with van der Waals surface area (Å²) < 4.78 is 4.87. The van der Waals surface area contributed by atoms with Crippen LogP contribution in [0.1, 0.15) is 31.0 Å². The third kappa shape index (κ3) is 6.63. The molecule has 0 saturated carbocycles. The van der Waals surface area contributed by atoms with Gasteiger partial charge in [-0.2, -0.15) is 4.98 Å². The van der Waals surface area contributed by atoms with E-state index in [1.807, 2.05) is 24.9 Å². The predicted octanol–water partition coefficient (Wildman–Crippen LogP) is 2.39. The molecule has 1 aliphatic heterocycles.